The number of rotatable bonds is 7. The number of methoxy groups -OCH3 is 2. The first-order valence-corrected chi connectivity index (χ1v) is 8.91. The van der Waals surface area contributed by atoms with E-state index < -0.39 is 5.91 Å². The Hall–Kier alpha value is -3.22. The predicted molar refractivity (Wildman–Crippen MR) is 106 cm³/mol. The van der Waals surface area contributed by atoms with Crippen LogP contribution in [0.3, 0.4) is 0 Å². The van der Waals surface area contributed by atoms with Crippen LogP contribution in [0.4, 0.5) is 0 Å². The number of hydrogen-bond acceptors (Lipinski definition) is 5. The predicted octanol–water partition coefficient (Wildman–Crippen LogP) is 2.80. The Morgan fingerprint density at radius 1 is 0.929 bits per heavy atom. The number of benzene rings is 2. The van der Waals surface area contributed by atoms with Crippen LogP contribution in [0.15, 0.2) is 36.4 Å². The molecule has 0 aliphatic heterocycles. The fourth-order valence-corrected chi connectivity index (χ4v) is 2.56. The van der Waals surface area contributed by atoms with E-state index in [1.807, 2.05) is 32.9 Å². The van der Waals surface area contributed by atoms with Crippen LogP contribution < -0.4 is 25.1 Å². The van der Waals surface area contributed by atoms with Crippen LogP contribution in [-0.4, -0.2) is 32.1 Å². The highest BCUT2D eigenvalue weighted by atomic mass is 16.5. The summed E-state index contributed by atoms with van der Waals surface area (Å²) in [7, 11) is 3.08. The fourth-order valence-electron chi connectivity index (χ4n) is 2.56. The number of carbonyl (C=O) groups is 2. The van der Waals surface area contributed by atoms with Gasteiger partial charge in [-0.15, -0.1) is 0 Å². The van der Waals surface area contributed by atoms with Crippen LogP contribution in [0.25, 0.3) is 0 Å². The van der Waals surface area contributed by atoms with Gasteiger partial charge < -0.3 is 14.2 Å². The van der Waals surface area contributed by atoms with Crippen LogP contribution in [0, 0.1) is 6.92 Å². The van der Waals surface area contributed by atoms with Crippen LogP contribution in [0.5, 0.6) is 17.2 Å². The van der Waals surface area contributed by atoms with Crippen LogP contribution in [0.1, 0.15) is 35.3 Å². The monoisotopic (exact) mass is 386 g/mol. The summed E-state index contributed by atoms with van der Waals surface area (Å²) < 4.78 is 16.2. The normalized spacial score (nSPS) is 10.4. The molecule has 2 amide bonds. The molecule has 0 unspecified atom stereocenters. The Morgan fingerprint density at radius 2 is 1.64 bits per heavy atom. The summed E-state index contributed by atoms with van der Waals surface area (Å²) in [4.78, 5) is 24.4. The highest BCUT2D eigenvalue weighted by Gasteiger charge is 2.13. The van der Waals surface area contributed by atoms with Crippen molar-refractivity contribution in [3.63, 3.8) is 0 Å². The van der Waals surface area contributed by atoms with E-state index in [2.05, 4.69) is 10.9 Å². The summed E-state index contributed by atoms with van der Waals surface area (Å²) in [6.07, 6.45) is 0.0924. The lowest BCUT2D eigenvalue weighted by atomic mass is 10.1. The maximum Gasteiger partial charge on any atom is 0.269 e. The second-order valence-electron chi connectivity index (χ2n) is 6.52. The molecule has 28 heavy (non-hydrogen) atoms. The van der Waals surface area contributed by atoms with Gasteiger partial charge in [-0.3, -0.25) is 20.4 Å². The lowest BCUT2D eigenvalue weighted by molar-refractivity contribution is -0.121. The average Bonchev–Trinajstić information content (AvgIpc) is 2.67. The van der Waals surface area contributed by atoms with Crippen LogP contribution in [-0.2, 0) is 11.2 Å². The summed E-state index contributed by atoms with van der Waals surface area (Å²) in [6, 6.07) is 10.4. The smallest absolute Gasteiger partial charge is 0.269 e. The molecule has 0 saturated carbocycles. The first-order chi connectivity index (χ1) is 13.3. The zero-order valence-electron chi connectivity index (χ0n) is 16.8. The van der Waals surface area contributed by atoms with Crippen molar-refractivity contribution < 1.29 is 23.8 Å². The summed E-state index contributed by atoms with van der Waals surface area (Å²) in [5.74, 6) is 0.909. The number of hydrogen-bond donors (Lipinski definition) is 2. The van der Waals surface area contributed by atoms with E-state index in [9.17, 15) is 9.59 Å². The van der Waals surface area contributed by atoms with Crippen molar-refractivity contribution in [3.8, 4) is 17.2 Å². The van der Waals surface area contributed by atoms with Gasteiger partial charge in [0.2, 0.25) is 5.91 Å². The lowest BCUT2D eigenvalue weighted by Gasteiger charge is -2.14. The van der Waals surface area contributed by atoms with Crippen molar-refractivity contribution in [2.75, 3.05) is 14.2 Å². The number of amides is 2. The zero-order chi connectivity index (χ0) is 20.7. The van der Waals surface area contributed by atoms with E-state index in [-0.39, 0.29) is 18.4 Å². The summed E-state index contributed by atoms with van der Waals surface area (Å²) >= 11 is 0. The molecule has 0 aromatic heterocycles. The van der Waals surface area contributed by atoms with Gasteiger partial charge in [-0.2, -0.15) is 0 Å². The molecule has 150 valence electrons. The van der Waals surface area contributed by atoms with Gasteiger partial charge in [0.15, 0.2) is 11.5 Å². The number of ether oxygens (including phenoxy) is 3. The number of nitrogens with one attached hydrogen (secondary N) is 2. The van der Waals surface area contributed by atoms with Gasteiger partial charge in [-0.25, -0.2) is 0 Å². The summed E-state index contributed by atoms with van der Waals surface area (Å²) in [6.45, 7) is 5.73. The molecule has 2 aromatic carbocycles. The standard InChI is InChI=1S/C21H26N2O5/c1-13(2)28-17-9-8-16(12-19(17)27-5)21(25)23-22-20(24)11-15-7-6-14(3)18(10-15)26-4/h6-10,12-13H,11H2,1-5H3,(H,22,24)(H,23,25). The van der Waals surface area contributed by atoms with Gasteiger partial charge in [0.05, 0.1) is 26.7 Å². The molecule has 7 nitrogen and oxygen atoms in total. The van der Waals surface area contributed by atoms with Gasteiger partial charge in [0, 0.05) is 5.56 Å². The average molecular weight is 386 g/mol. The Bertz CT molecular complexity index is 849. The quantitative estimate of drug-likeness (QED) is 0.715. The van der Waals surface area contributed by atoms with Gasteiger partial charge in [-0.05, 0) is 56.2 Å². The molecule has 2 aromatic rings. The number of hydrazine groups is 1. The molecule has 0 saturated heterocycles. The van der Waals surface area contributed by atoms with Crippen molar-refractivity contribution in [2.24, 2.45) is 0 Å². The molecule has 2 N–H and O–H groups in total. The van der Waals surface area contributed by atoms with E-state index in [1.165, 1.54) is 7.11 Å². The minimum atomic E-state index is -0.454. The molecule has 0 spiro atoms. The maximum atomic E-state index is 12.3. The van der Waals surface area contributed by atoms with Crippen molar-refractivity contribution in [1.29, 1.82) is 0 Å². The van der Waals surface area contributed by atoms with E-state index in [4.69, 9.17) is 14.2 Å². The lowest BCUT2D eigenvalue weighted by Crippen LogP contribution is -2.42. The van der Waals surface area contributed by atoms with E-state index in [1.54, 1.807) is 31.4 Å². The summed E-state index contributed by atoms with van der Waals surface area (Å²) in [5, 5.41) is 0. The molecule has 0 bridgehead atoms. The highest BCUT2D eigenvalue weighted by Crippen LogP contribution is 2.28. The van der Waals surface area contributed by atoms with Crippen LogP contribution in [0.2, 0.25) is 0 Å². The third-order valence-electron chi connectivity index (χ3n) is 3.94. The minimum Gasteiger partial charge on any atom is -0.496 e. The molecule has 0 fully saturated rings. The molecule has 0 atom stereocenters. The van der Waals surface area contributed by atoms with Gasteiger partial charge in [-0.1, -0.05) is 12.1 Å². The zero-order valence-corrected chi connectivity index (χ0v) is 16.8. The van der Waals surface area contributed by atoms with Crippen molar-refractivity contribution in [2.45, 2.75) is 33.3 Å². The molecule has 2 rings (SSSR count). The third kappa shape index (κ3) is 5.64. The van der Waals surface area contributed by atoms with E-state index >= 15 is 0 Å². The topological polar surface area (TPSA) is 85.9 Å². The van der Waals surface area contributed by atoms with Gasteiger partial charge >= 0.3 is 0 Å². The molecule has 0 heterocycles. The Balaban J connectivity index is 1.96. The van der Waals surface area contributed by atoms with E-state index in [0.29, 0.717) is 22.8 Å². The number of carbonyl (C=O) groups excluding carboxylic acids is 2. The van der Waals surface area contributed by atoms with Crippen molar-refractivity contribution >= 4 is 11.8 Å². The first-order valence-electron chi connectivity index (χ1n) is 8.91. The Labute approximate surface area is 165 Å². The molecule has 0 aliphatic rings. The second-order valence-corrected chi connectivity index (χ2v) is 6.52. The van der Waals surface area contributed by atoms with Gasteiger partial charge in [0.25, 0.3) is 5.91 Å². The Morgan fingerprint density at radius 3 is 2.29 bits per heavy atom. The maximum absolute atomic E-state index is 12.3. The molecular weight excluding hydrogens is 360 g/mol. The molecular formula is C21H26N2O5. The second kappa shape index (κ2) is 9.64. The van der Waals surface area contributed by atoms with Crippen molar-refractivity contribution in [3.05, 3.63) is 53.1 Å². The minimum absolute atomic E-state index is 0.0201. The molecule has 0 aliphatic carbocycles. The summed E-state index contributed by atoms with van der Waals surface area (Å²) in [5.41, 5.74) is 6.93. The third-order valence-corrected chi connectivity index (χ3v) is 3.94. The fraction of sp³-hybridized carbons (Fsp3) is 0.333. The number of aryl methyl sites for hydroxylation is 1. The van der Waals surface area contributed by atoms with E-state index in [0.717, 1.165) is 11.1 Å². The van der Waals surface area contributed by atoms with Crippen molar-refractivity contribution in [1.82, 2.24) is 10.9 Å². The SMILES string of the molecule is COc1cc(CC(=O)NNC(=O)c2ccc(OC(C)C)c(OC)c2)ccc1C. The highest BCUT2D eigenvalue weighted by molar-refractivity contribution is 5.96. The van der Waals surface area contributed by atoms with Crippen LogP contribution >= 0.6 is 0 Å². The largest absolute Gasteiger partial charge is 0.496 e. The van der Waals surface area contributed by atoms with Gasteiger partial charge in [0.1, 0.15) is 5.75 Å². The molecule has 0 radical (unpaired) electrons. The Kier molecular flexibility index (Phi) is 7.26. The first kappa shape index (κ1) is 21.1. The molecule has 7 heteroatoms.